The first-order chi connectivity index (χ1) is 12.2. The summed E-state index contributed by atoms with van der Waals surface area (Å²) >= 11 is 0. The molecule has 3 saturated carbocycles. The average molecular weight is 356 g/mol. The SMILES string of the molecule is CC1(C)C2CCC1(C)C(NC(=O)CN1C(=O)C3C4C=CC(C4)C3C1=O)C2. The second-order valence-corrected chi connectivity index (χ2v) is 9.99. The van der Waals surface area contributed by atoms with Crippen LogP contribution < -0.4 is 5.32 Å². The number of imide groups is 1. The van der Waals surface area contributed by atoms with Crippen LogP contribution in [0.3, 0.4) is 0 Å². The zero-order valence-corrected chi connectivity index (χ0v) is 15.8. The minimum absolute atomic E-state index is 0.103. The van der Waals surface area contributed by atoms with Crippen molar-refractivity contribution in [3.63, 3.8) is 0 Å². The molecule has 0 spiro atoms. The van der Waals surface area contributed by atoms with Gasteiger partial charge in [-0.2, -0.15) is 0 Å². The third kappa shape index (κ3) is 1.84. The Morgan fingerprint density at radius 2 is 1.73 bits per heavy atom. The second-order valence-electron chi connectivity index (χ2n) is 9.99. The van der Waals surface area contributed by atoms with Crippen molar-refractivity contribution in [3.8, 4) is 0 Å². The third-order valence-corrected chi connectivity index (χ3v) is 8.99. The fraction of sp³-hybridized carbons (Fsp3) is 0.762. The van der Waals surface area contributed by atoms with Crippen molar-refractivity contribution in [2.75, 3.05) is 6.54 Å². The van der Waals surface area contributed by atoms with Gasteiger partial charge in [0.05, 0.1) is 11.8 Å². The number of hydrogen-bond donors (Lipinski definition) is 1. The van der Waals surface area contributed by atoms with E-state index in [1.807, 2.05) is 0 Å². The van der Waals surface area contributed by atoms with Crippen LogP contribution in [0.5, 0.6) is 0 Å². The molecule has 7 atom stereocenters. The number of likely N-dealkylation sites (tertiary alicyclic amines) is 1. The molecule has 5 aliphatic rings. The van der Waals surface area contributed by atoms with Crippen LogP contribution in [0, 0.1) is 40.4 Å². The van der Waals surface area contributed by atoms with E-state index in [0.717, 1.165) is 19.3 Å². The molecule has 1 heterocycles. The number of carbonyl (C=O) groups excluding carboxylic acids is 3. The molecule has 0 aromatic carbocycles. The van der Waals surface area contributed by atoms with Gasteiger partial charge in [-0.25, -0.2) is 0 Å². The summed E-state index contributed by atoms with van der Waals surface area (Å²) in [7, 11) is 0. The van der Waals surface area contributed by atoms with Crippen molar-refractivity contribution in [3.05, 3.63) is 12.2 Å². The van der Waals surface area contributed by atoms with Crippen molar-refractivity contribution in [2.45, 2.75) is 52.5 Å². The van der Waals surface area contributed by atoms with Crippen LogP contribution in [0.15, 0.2) is 12.2 Å². The maximum atomic E-state index is 12.7. The Morgan fingerprint density at radius 1 is 1.12 bits per heavy atom. The first kappa shape index (κ1) is 16.5. The van der Waals surface area contributed by atoms with Crippen LogP contribution >= 0.6 is 0 Å². The molecule has 3 amide bonds. The zero-order valence-electron chi connectivity index (χ0n) is 15.8. The highest BCUT2D eigenvalue weighted by molar-refractivity contribution is 6.08. The van der Waals surface area contributed by atoms with E-state index in [1.165, 1.54) is 11.3 Å². The van der Waals surface area contributed by atoms with E-state index in [1.54, 1.807) is 0 Å². The summed E-state index contributed by atoms with van der Waals surface area (Å²) in [5, 5.41) is 3.18. The van der Waals surface area contributed by atoms with Crippen LogP contribution in [-0.2, 0) is 14.4 Å². The minimum Gasteiger partial charge on any atom is -0.351 e. The van der Waals surface area contributed by atoms with Crippen molar-refractivity contribution >= 4 is 17.7 Å². The second kappa shape index (κ2) is 4.99. The predicted octanol–water partition coefficient (Wildman–Crippen LogP) is 2.12. The van der Waals surface area contributed by atoms with Gasteiger partial charge in [0, 0.05) is 6.04 Å². The largest absolute Gasteiger partial charge is 0.351 e. The molecule has 7 unspecified atom stereocenters. The maximum absolute atomic E-state index is 12.7. The summed E-state index contributed by atoms with van der Waals surface area (Å²) in [4.78, 5) is 39.4. The maximum Gasteiger partial charge on any atom is 0.240 e. The van der Waals surface area contributed by atoms with Crippen molar-refractivity contribution in [1.82, 2.24) is 10.2 Å². The highest BCUT2D eigenvalue weighted by Crippen LogP contribution is 2.65. The van der Waals surface area contributed by atoms with Gasteiger partial charge < -0.3 is 5.32 Å². The molecule has 0 radical (unpaired) electrons. The number of carbonyl (C=O) groups is 3. The topological polar surface area (TPSA) is 66.5 Å². The van der Waals surface area contributed by atoms with E-state index >= 15 is 0 Å². The lowest BCUT2D eigenvalue weighted by Gasteiger charge is -2.39. The van der Waals surface area contributed by atoms with Gasteiger partial charge in [0.15, 0.2) is 0 Å². The molecule has 4 fully saturated rings. The number of rotatable bonds is 3. The predicted molar refractivity (Wildman–Crippen MR) is 95.6 cm³/mol. The lowest BCUT2D eigenvalue weighted by Crippen LogP contribution is -2.50. The summed E-state index contributed by atoms with van der Waals surface area (Å²) in [5.74, 6) is 0.154. The highest BCUT2D eigenvalue weighted by atomic mass is 16.2. The number of allylic oxidation sites excluding steroid dienone is 2. The molecule has 5 heteroatoms. The Balaban J connectivity index is 1.28. The zero-order chi connectivity index (χ0) is 18.4. The van der Waals surface area contributed by atoms with Gasteiger partial charge in [0.1, 0.15) is 6.54 Å². The summed E-state index contributed by atoms with van der Waals surface area (Å²) in [6.45, 7) is 6.80. The van der Waals surface area contributed by atoms with Crippen LogP contribution in [0.4, 0.5) is 0 Å². The Morgan fingerprint density at radius 3 is 2.23 bits per heavy atom. The summed E-state index contributed by atoms with van der Waals surface area (Å²) < 4.78 is 0. The molecule has 26 heavy (non-hydrogen) atoms. The van der Waals surface area contributed by atoms with E-state index in [0.29, 0.717) is 5.92 Å². The highest BCUT2D eigenvalue weighted by Gasteiger charge is 2.62. The monoisotopic (exact) mass is 356 g/mol. The van der Waals surface area contributed by atoms with Gasteiger partial charge in [0.2, 0.25) is 17.7 Å². The molecule has 1 aliphatic heterocycles. The molecular formula is C21H28N2O3. The van der Waals surface area contributed by atoms with Crippen molar-refractivity contribution < 1.29 is 14.4 Å². The molecule has 4 bridgehead atoms. The van der Waals surface area contributed by atoms with Crippen molar-refractivity contribution in [1.29, 1.82) is 0 Å². The quantitative estimate of drug-likeness (QED) is 0.622. The number of nitrogens with zero attached hydrogens (tertiary/aromatic N) is 1. The first-order valence-corrected chi connectivity index (χ1v) is 10.1. The van der Waals surface area contributed by atoms with Gasteiger partial charge >= 0.3 is 0 Å². The van der Waals surface area contributed by atoms with E-state index in [2.05, 4.69) is 38.2 Å². The standard InChI is InChI=1S/C21H28N2O3/c1-20(2)13-6-7-21(20,3)14(9-13)22-15(24)10-23-18(25)16-11-4-5-12(8-11)17(16)19(23)26/h4-5,11-14,16-17H,6-10H2,1-3H3,(H,22,24). The molecule has 1 saturated heterocycles. The van der Waals surface area contributed by atoms with Crippen LogP contribution in [0.1, 0.15) is 46.5 Å². The molecule has 1 N–H and O–H groups in total. The van der Waals surface area contributed by atoms with Gasteiger partial charge in [-0.15, -0.1) is 0 Å². The number of amides is 3. The fourth-order valence-electron chi connectivity index (χ4n) is 6.93. The average Bonchev–Trinajstić information content (AvgIpc) is 3.33. The van der Waals surface area contributed by atoms with E-state index < -0.39 is 0 Å². The first-order valence-electron chi connectivity index (χ1n) is 10.1. The van der Waals surface area contributed by atoms with Crippen LogP contribution in [-0.4, -0.2) is 35.2 Å². The molecule has 0 aromatic heterocycles. The molecule has 5 rings (SSSR count). The Kier molecular flexibility index (Phi) is 3.17. The lowest BCUT2D eigenvalue weighted by molar-refractivity contribution is -0.144. The van der Waals surface area contributed by atoms with E-state index in [4.69, 9.17) is 0 Å². The van der Waals surface area contributed by atoms with Crippen LogP contribution in [0.25, 0.3) is 0 Å². The van der Waals surface area contributed by atoms with Crippen molar-refractivity contribution in [2.24, 2.45) is 40.4 Å². The normalized spacial score (nSPS) is 47.1. The van der Waals surface area contributed by atoms with Gasteiger partial charge in [-0.05, 0) is 54.3 Å². The summed E-state index contributed by atoms with van der Waals surface area (Å²) in [6, 6.07) is 0.147. The fourth-order valence-corrected chi connectivity index (χ4v) is 6.93. The molecule has 140 valence electrons. The van der Waals surface area contributed by atoms with Gasteiger partial charge in [0.25, 0.3) is 0 Å². The number of hydrogen-bond acceptors (Lipinski definition) is 3. The molecular weight excluding hydrogens is 328 g/mol. The minimum atomic E-state index is -0.218. The third-order valence-electron chi connectivity index (χ3n) is 8.99. The van der Waals surface area contributed by atoms with Gasteiger partial charge in [-0.3, -0.25) is 19.3 Å². The molecule has 5 nitrogen and oxygen atoms in total. The van der Waals surface area contributed by atoms with E-state index in [-0.39, 0.29) is 64.8 Å². The lowest BCUT2D eigenvalue weighted by atomic mass is 9.69. The number of fused-ring (bicyclic) bond motifs is 7. The Hall–Kier alpha value is -1.65. The Labute approximate surface area is 154 Å². The summed E-state index contributed by atoms with van der Waals surface area (Å²) in [6.07, 6.45) is 8.46. The molecule has 0 aromatic rings. The smallest absolute Gasteiger partial charge is 0.240 e. The van der Waals surface area contributed by atoms with E-state index in [9.17, 15) is 14.4 Å². The van der Waals surface area contributed by atoms with Gasteiger partial charge in [-0.1, -0.05) is 32.9 Å². The molecule has 4 aliphatic carbocycles. The number of nitrogens with one attached hydrogen (secondary N) is 1. The Bertz CT molecular complexity index is 712. The van der Waals surface area contributed by atoms with Crippen LogP contribution in [0.2, 0.25) is 0 Å². The summed E-state index contributed by atoms with van der Waals surface area (Å²) in [5.41, 5.74) is 0.331.